The lowest BCUT2D eigenvalue weighted by Gasteiger charge is -2.17. The summed E-state index contributed by atoms with van der Waals surface area (Å²) in [5, 5.41) is 0. The van der Waals surface area contributed by atoms with Gasteiger partial charge >= 0.3 is 12.1 Å². The standard InChI is InChI=1S/C25H21F3O5/c1-16(23(29)18-6-4-3-5-7-18)32-24(30)17(2)31-20-12-14-22(15-13-20)33-21-10-8-19(9-11-21)25(26,27)28/h3-17H,1-2H3. The van der Waals surface area contributed by atoms with Crippen LogP contribution in [0.15, 0.2) is 78.9 Å². The number of benzene rings is 3. The van der Waals surface area contributed by atoms with Gasteiger partial charge in [-0.25, -0.2) is 4.79 Å². The molecule has 8 heteroatoms. The van der Waals surface area contributed by atoms with Gasteiger partial charge in [0.2, 0.25) is 5.78 Å². The quantitative estimate of drug-likeness (QED) is 0.302. The molecule has 0 aliphatic carbocycles. The van der Waals surface area contributed by atoms with Crippen molar-refractivity contribution >= 4 is 11.8 Å². The second-order valence-electron chi connectivity index (χ2n) is 7.17. The smallest absolute Gasteiger partial charge is 0.416 e. The highest BCUT2D eigenvalue weighted by molar-refractivity contribution is 6.00. The van der Waals surface area contributed by atoms with Crippen LogP contribution in [-0.2, 0) is 15.7 Å². The zero-order chi connectivity index (χ0) is 24.0. The fourth-order valence-corrected chi connectivity index (χ4v) is 2.85. The Hall–Kier alpha value is -3.81. The topological polar surface area (TPSA) is 61.8 Å². The number of esters is 1. The molecule has 172 valence electrons. The van der Waals surface area contributed by atoms with Gasteiger partial charge in [0.25, 0.3) is 0 Å². The SMILES string of the molecule is CC(Oc1ccc(Oc2ccc(C(F)(F)F)cc2)cc1)C(=O)OC(C)C(=O)c1ccccc1. The molecule has 0 aromatic heterocycles. The predicted octanol–water partition coefficient (Wildman–Crippen LogP) is 6.08. The van der Waals surface area contributed by atoms with Crippen LogP contribution >= 0.6 is 0 Å². The van der Waals surface area contributed by atoms with E-state index in [2.05, 4.69) is 0 Å². The first-order valence-corrected chi connectivity index (χ1v) is 10.0. The molecule has 3 rings (SSSR count). The summed E-state index contributed by atoms with van der Waals surface area (Å²) in [5.41, 5.74) is -0.325. The summed E-state index contributed by atoms with van der Waals surface area (Å²) in [5.74, 6) is -0.0517. The van der Waals surface area contributed by atoms with E-state index < -0.39 is 29.9 Å². The van der Waals surface area contributed by atoms with E-state index in [0.29, 0.717) is 17.1 Å². The first-order valence-electron chi connectivity index (χ1n) is 10.0. The van der Waals surface area contributed by atoms with Gasteiger partial charge in [0.05, 0.1) is 5.56 Å². The number of hydrogen-bond donors (Lipinski definition) is 0. The monoisotopic (exact) mass is 458 g/mol. The third-order valence-corrected chi connectivity index (χ3v) is 4.61. The lowest BCUT2D eigenvalue weighted by molar-refractivity contribution is -0.153. The second kappa shape index (κ2) is 10.2. The molecule has 3 aromatic rings. The molecule has 33 heavy (non-hydrogen) atoms. The van der Waals surface area contributed by atoms with Gasteiger partial charge in [-0.2, -0.15) is 13.2 Å². The molecule has 2 atom stereocenters. The molecule has 0 N–H and O–H groups in total. The minimum atomic E-state index is -4.41. The van der Waals surface area contributed by atoms with Crippen LogP contribution in [0.4, 0.5) is 13.2 Å². The van der Waals surface area contributed by atoms with Crippen molar-refractivity contribution < 1.29 is 37.0 Å². The van der Waals surface area contributed by atoms with Crippen LogP contribution in [0.2, 0.25) is 0 Å². The van der Waals surface area contributed by atoms with Gasteiger partial charge in [-0.1, -0.05) is 30.3 Å². The van der Waals surface area contributed by atoms with Gasteiger partial charge in [-0.3, -0.25) is 4.79 Å². The summed E-state index contributed by atoms with van der Waals surface area (Å²) in [7, 11) is 0. The van der Waals surface area contributed by atoms with Crippen molar-refractivity contribution in [2.24, 2.45) is 0 Å². The summed E-state index contributed by atoms with van der Waals surface area (Å²) in [6, 6.07) is 19.0. The van der Waals surface area contributed by atoms with Crippen LogP contribution < -0.4 is 9.47 Å². The predicted molar refractivity (Wildman–Crippen MR) is 114 cm³/mol. The van der Waals surface area contributed by atoms with E-state index in [-0.39, 0.29) is 11.5 Å². The third kappa shape index (κ3) is 6.58. The van der Waals surface area contributed by atoms with Gasteiger partial charge < -0.3 is 14.2 Å². The Kier molecular flexibility index (Phi) is 7.37. The molecule has 0 saturated carbocycles. The number of carbonyl (C=O) groups is 2. The zero-order valence-corrected chi connectivity index (χ0v) is 17.8. The summed E-state index contributed by atoms with van der Waals surface area (Å²) in [6.45, 7) is 2.99. The van der Waals surface area contributed by atoms with Crippen molar-refractivity contribution in [1.82, 2.24) is 0 Å². The van der Waals surface area contributed by atoms with Crippen molar-refractivity contribution in [3.8, 4) is 17.2 Å². The normalized spacial score (nSPS) is 13.0. The minimum Gasteiger partial charge on any atom is -0.479 e. The number of hydrogen-bond acceptors (Lipinski definition) is 5. The molecule has 5 nitrogen and oxygen atoms in total. The molecule has 3 aromatic carbocycles. The van der Waals surface area contributed by atoms with E-state index in [9.17, 15) is 22.8 Å². The maximum atomic E-state index is 12.6. The summed E-state index contributed by atoms with van der Waals surface area (Å²) < 4.78 is 54.2. The number of alkyl halides is 3. The first kappa shape index (κ1) is 23.8. The van der Waals surface area contributed by atoms with E-state index in [1.807, 2.05) is 0 Å². The van der Waals surface area contributed by atoms with E-state index in [4.69, 9.17) is 14.2 Å². The molecule has 0 spiro atoms. The molecule has 0 aliphatic rings. The average molecular weight is 458 g/mol. The van der Waals surface area contributed by atoms with E-state index in [1.165, 1.54) is 26.0 Å². The molecular weight excluding hydrogens is 437 g/mol. The van der Waals surface area contributed by atoms with E-state index in [1.54, 1.807) is 54.6 Å². The maximum Gasteiger partial charge on any atom is 0.416 e. The van der Waals surface area contributed by atoms with Crippen molar-refractivity contribution in [2.75, 3.05) is 0 Å². The molecule has 0 radical (unpaired) electrons. The van der Waals surface area contributed by atoms with Crippen LogP contribution in [0, 0.1) is 0 Å². The Balaban J connectivity index is 1.53. The van der Waals surface area contributed by atoms with Crippen molar-refractivity contribution in [2.45, 2.75) is 32.2 Å². The summed E-state index contributed by atoms with van der Waals surface area (Å²) >= 11 is 0. The molecule has 2 unspecified atom stereocenters. The van der Waals surface area contributed by atoms with Crippen LogP contribution in [0.25, 0.3) is 0 Å². The number of Topliss-reactive ketones (excluding diaryl/α,β-unsaturated/α-hetero) is 1. The highest BCUT2D eigenvalue weighted by atomic mass is 19.4. The van der Waals surface area contributed by atoms with Crippen LogP contribution in [0.1, 0.15) is 29.8 Å². The fourth-order valence-electron chi connectivity index (χ4n) is 2.85. The minimum absolute atomic E-state index is 0.241. The largest absolute Gasteiger partial charge is 0.479 e. The van der Waals surface area contributed by atoms with Gasteiger partial charge in [-0.15, -0.1) is 0 Å². The number of halogens is 3. The average Bonchev–Trinajstić information content (AvgIpc) is 2.80. The number of carbonyl (C=O) groups excluding carboxylic acids is 2. The Morgan fingerprint density at radius 1 is 0.727 bits per heavy atom. The Morgan fingerprint density at radius 2 is 1.24 bits per heavy atom. The van der Waals surface area contributed by atoms with Crippen molar-refractivity contribution in [1.29, 1.82) is 0 Å². The number of rotatable bonds is 8. The lowest BCUT2D eigenvalue weighted by atomic mass is 10.1. The van der Waals surface area contributed by atoms with Gasteiger partial charge in [0, 0.05) is 5.56 Å². The number of ether oxygens (including phenoxy) is 3. The maximum absolute atomic E-state index is 12.6. The second-order valence-corrected chi connectivity index (χ2v) is 7.17. The fraction of sp³-hybridized carbons (Fsp3) is 0.200. The lowest BCUT2D eigenvalue weighted by Crippen LogP contribution is -2.32. The van der Waals surface area contributed by atoms with Gasteiger partial charge in [0.15, 0.2) is 12.2 Å². The van der Waals surface area contributed by atoms with Gasteiger partial charge in [0.1, 0.15) is 17.2 Å². The van der Waals surface area contributed by atoms with E-state index in [0.717, 1.165) is 12.1 Å². The van der Waals surface area contributed by atoms with E-state index >= 15 is 0 Å². The van der Waals surface area contributed by atoms with Crippen molar-refractivity contribution in [3.63, 3.8) is 0 Å². The Bertz CT molecular complexity index is 1080. The molecule has 0 saturated heterocycles. The highest BCUT2D eigenvalue weighted by Gasteiger charge is 2.30. The van der Waals surface area contributed by atoms with Crippen molar-refractivity contribution in [3.05, 3.63) is 90.0 Å². The highest BCUT2D eigenvalue weighted by Crippen LogP contribution is 2.31. The Morgan fingerprint density at radius 3 is 1.79 bits per heavy atom. The first-order chi connectivity index (χ1) is 15.6. The third-order valence-electron chi connectivity index (χ3n) is 4.61. The molecule has 0 bridgehead atoms. The summed E-state index contributed by atoms with van der Waals surface area (Å²) in [6.07, 6.45) is -6.36. The van der Waals surface area contributed by atoms with Crippen LogP contribution in [0.3, 0.4) is 0 Å². The van der Waals surface area contributed by atoms with Gasteiger partial charge in [-0.05, 0) is 62.4 Å². The van der Waals surface area contributed by atoms with Crippen LogP contribution in [-0.4, -0.2) is 24.0 Å². The molecular formula is C25H21F3O5. The molecule has 0 amide bonds. The molecule has 0 heterocycles. The zero-order valence-electron chi connectivity index (χ0n) is 17.8. The molecule has 0 aliphatic heterocycles. The Labute approximate surface area is 188 Å². The van der Waals surface area contributed by atoms with Crippen LogP contribution in [0.5, 0.6) is 17.2 Å². The number of ketones is 1. The molecule has 0 fully saturated rings. The summed E-state index contributed by atoms with van der Waals surface area (Å²) in [4.78, 5) is 24.6.